The number of hydrogen-bond acceptors (Lipinski definition) is 1. The van der Waals surface area contributed by atoms with E-state index < -0.39 is 0 Å². The van der Waals surface area contributed by atoms with Crippen molar-refractivity contribution >= 4 is 0 Å². The predicted octanol–water partition coefficient (Wildman–Crippen LogP) is 5.17. The fourth-order valence-corrected chi connectivity index (χ4v) is 2.84. The van der Waals surface area contributed by atoms with Gasteiger partial charge in [0.25, 0.3) is 0 Å². The van der Waals surface area contributed by atoms with Crippen LogP contribution in [0, 0.1) is 13.8 Å². The Labute approximate surface area is 129 Å². The molecule has 1 nitrogen and oxygen atoms in total. The highest BCUT2D eigenvalue weighted by molar-refractivity contribution is 5.39. The number of rotatable bonds is 6. The molecule has 0 heterocycles. The molecule has 1 heteroatoms. The first kappa shape index (κ1) is 15.8. The molecule has 0 aromatic heterocycles. The van der Waals surface area contributed by atoms with Crippen LogP contribution in [0.3, 0.4) is 0 Å². The quantitative estimate of drug-likeness (QED) is 0.770. The van der Waals surface area contributed by atoms with Crippen LogP contribution in [0.5, 0.6) is 0 Å². The summed E-state index contributed by atoms with van der Waals surface area (Å²) < 4.78 is 0. The van der Waals surface area contributed by atoms with Crippen molar-refractivity contribution in [3.63, 3.8) is 0 Å². The third-order valence-corrected chi connectivity index (χ3v) is 4.27. The smallest absolute Gasteiger partial charge is 0.0581 e. The van der Waals surface area contributed by atoms with E-state index in [-0.39, 0.29) is 6.04 Å². The lowest BCUT2D eigenvalue weighted by molar-refractivity contribution is 0.446. The van der Waals surface area contributed by atoms with E-state index in [0.29, 0.717) is 6.04 Å². The number of nitrogens with one attached hydrogen (secondary N) is 1. The molecular weight excluding hydrogens is 254 g/mol. The van der Waals surface area contributed by atoms with Gasteiger partial charge in [-0.25, -0.2) is 0 Å². The second-order valence-electron chi connectivity index (χ2n) is 5.88. The molecule has 0 fully saturated rings. The maximum Gasteiger partial charge on any atom is 0.0581 e. The monoisotopic (exact) mass is 281 g/mol. The zero-order valence-corrected chi connectivity index (χ0v) is 13.7. The normalized spacial score (nSPS) is 12.6. The van der Waals surface area contributed by atoms with Gasteiger partial charge in [-0.05, 0) is 43.4 Å². The fraction of sp³-hybridized carbons (Fsp3) is 0.400. The lowest BCUT2D eigenvalue weighted by Gasteiger charge is -2.27. The van der Waals surface area contributed by atoms with Crippen molar-refractivity contribution in [1.29, 1.82) is 0 Å². The highest BCUT2D eigenvalue weighted by Crippen LogP contribution is 2.27. The van der Waals surface area contributed by atoms with E-state index in [1.807, 2.05) is 0 Å². The molecule has 1 N–H and O–H groups in total. The molecule has 0 saturated heterocycles. The van der Waals surface area contributed by atoms with Crippen LogP contribution in [0.4, 0.5) is 0 Å². The maximum atomic E-state index is 3.85. The van der Waals surface area contributed by atoms with Crippen LogP contribution in [0.25, 0.3) is 0 Å². The Kier molecular flexibility index (Phi) is 5.58. The van der Waals surface area contributed by atoms with Gasteiger partial charge in [0.15, 0.2) is 0 Å². The molecule has 0 bridgehead atoms. The van der Waals surface area contributed by atoms with Gasteiger partial charge in [0.2, 0.25) is 0 Å². The van der Waals surface area contributed by atoms with Crippen LogP contribution in [-0.2, 0) is 0 Å². The van der Waals surface area contributed by atoms with E-state index in [9.17, 15) is 0 Å². The van der Waals surface area contributed by atoms with Crippen LogP contribution >= 0.6 is 0 Å². The Balaban J connectivity index is 2.42. The maximum absolute atomic E-state index is 3.85. The summed E-state index contributed by atoms with van der Waals surface area (Å²) in [6, 6.07) is 18.4. The van der Waals surface area contributed by atoms with Crippen molar-refractivity contribution < 1.29 is 0 Å². The van der Waals surface area contributed by atoms with Crippen molar-refractivity contribution in [3.05, 3.63) is 70.8 Å². The molecule has 0 spiro atoms. The molecule has 112 valence electrons. The third kappa shape index (κ3) is 3.95. The van der Waals surface area contributed by atoms with Crippen molar-refractivity contribution in [2.24, 2.45) is 0 Å². The molecule has 2 rings (SSSR count). The Morgan fingerprint density at radius 2 is 1.57 bits per heavy atom. The van der Waals surface area contributed by atoms with Crippen molar-refractivity contribution in [2.45, 2.75) is 52.6 Å². The van der Waals surface area contributed by atoms with Crippen molar-refractivity contribution in [2.75, 3.05) is 0 Å². The van der Waals surface area contributed by atoms with Gasteiger partial charge in [-0.3, -0.25) is 0 Å². The lowest BCUT2D eigenvalue weighted by Crippen LogP contribution is -2.33. The van der Waals surface area contributed by atoms with E-state index in [4.69, 9.17) is 0 Å². The molecule has 0 amide bonds. The number of hydrogen-bond donors (Lipinski definition) is 1. The predicted molar refractivity (Wildman–Crippen MR) is 91.7 cm³/mol. The summed E-state index contributed by atoms with van der Waals surface area (Å²) in [5, 5.41) is 3.85. The highest BCUT2D eigenvalue weighted by Gasteiger charge is 2.18. The second kappa shape index (κ2) is 7.42. The molecule has 2 aromatic rings. The average Bonchev–Trinajstić information content (AvgIpc) is 2.52. The molecular formula is C20H27N. The zero-order chi connectivity index (χ0) is 15.2. The van der Waals surface area contributed by atoms with Crippen LogP contribution < -0.4 is 5.32 Å². The van der Waals surface area contributed by atoms with E-state index in [1.165, 1.54) is 22.3 Å². The van der Waals surface area contributed by atoms with Crippen molar-refractivity contribution in [1.82, 2.24) is 5.32 Å². The minimum absolute atomic E-state index is 0.274. The average molecular weight is 281 g/mol. The second-order valence-corrected chi connectivity index (χ2v) is 5.88. The topological polar surface area (TPSA) is 12.0 Å². The van der Waals surface area contributed by atoms with Gasteiger partial charge in [-0.1, -0.05) is 67.9 Å². The zero-order valence-electron chi connectivity index (χ0n) is 13.7. The van der Waals surface area contributed by atoms with Gasteiger partial charge in [0, 0.05) is 6.04 Å². The van der Waals surface area contributed by atoms with Crippen LogP contribution in [0.2, 0.25) is 0 Å². The minimum Gasteiger partial charge on any atom is -0.303 e. The largest absolute Gasteiger partial charge is 0.303 e. The molecule has 1 unspecified atom stereocenters. The van der Waals surface area contributed by atoms with E-state index in [2.05, 4.69) is 81.5 Å². The summed E-state index contributed by atoms with van der Waals surface area (Å²) in [6.45, 7) is 8.89. The molecule has 0 radical (unpaired) electrons. The minimum atomic E-state index is 0.274. The highest BCUT2D eigenvalue weighted by atomic mass is 14.9. The Bertz CT molecular complexity index is 555. The van der Waals surface area contributed by atoms with Gasteiger partial charge < -0.3 is 5.32 Å². The molecule has 0 aliphatic carbocycles. The van der Waals surface area contributed by atoms with Crippen LogP contribution in [0.1, 0.15) is 55.0 Å². The first-order chi connectivity index (χ1) is 10.2. The van der Waals surface area contributed by atoms with Crippen molar-refractivity contribution in [3.8, 4) is 0 Å². The Hall–Kier alpha value is -1.60. The number of aryl methyl sites for hydroxylation is 2. The molecule has 0 saturated carbocycles. The summed E-state index contributed by atoms with van der Waals surface area (Å²) in [7, 11) is 0. The summed E-state index contributed by atoms with van der Waals surface area (Å²) in [5.41, 5.74) is 5.42. The summed E-state index contributed by atoms with van der Waals surface area (Å²) in [4.78, 5) is 0. The fourth-order valence-electron chi connectivity index (χ4n) is 2.84. The van der Waals surface area contributed by atoms with Gasteiger partial charge in [0.1, 0.15) is 0 Å². The van der Waals surface area contributed by atoms with Gasteiger partial charge in [0.05, 0.1) is 6.04 Å². The van der Waals surface area contributed by atoms with E-state index in [1.54, 1.807) is 0 Å². The first-order valence-corrected chi connectivity index (χ1v) is 8.03. The standard InChI is InChI=1S/C20H27N/c1-5-18(6-2)21-20(17-10-8-7-9-11-17)19-14-15(3)12-13-16(19)4/h7-14,18,20-21H,5-6H2,1-4H3. The lowest BCUT2D eigenvalue weighted by atomic mass is 9.92. The third-order valence-electron chi connectivity index (χ3n) is 4.27. The van der Waals surface area contributed by atoms with E-state index >= 15 is 0 Å². The molecule has 0 aliphatic rings. The Morgan fingerprint density at radius 3 is 2.19 bits per heavy atom. The molecule has 21 heavy (non-hydrogen) atoms. The van der Waals surface area contributed by atoms with Gasteiger partial charge >= 0.3 is 0 Å². The molecule has 2 aromatic carbocycles. The molecule has 1 atom stereocenters. The van der Waals surface area contributed by atoms with Gasteiger partial charge in [-0.2, -0.15) is 0 Å². The SMILES string of the molecule is CCC(CC)NC(c1ccccc1)c1cc(C)ccc1C. The van der Waals surface area contributed by atoms with Crippen LogP contribution in [0.15, 0.2) is 48.5 Å². The Morgan fingerprint density at radius 1 is 0.905 bits per heavy atom. The summed E-state index contributed by atoms with van der Waals surface area (Å²) in [5.74, 6) is 0. The van der Waals surface area contributed by atoms with E-state index in [0.717, 1.165) is 12.8 Å². The number of benzene rings is 2. The summed E-state index contributed by atoms with van der Waals surface area (Å²) >= 11 is 0. The van der Waals surface area contributed by atoms with Crippen LogP contribution in [-0.4, -0.2) is 6.04 Å². The van der Waals surface area contributed by atoms with Gasteiger partial charge in [-0.15, -0.1) is 0 Å². The molecule has 0 aliphatic heterocycles. The first-order valence-electron chi connectivity index (χ1n) is 8.03. The summed E-state index contributed by atoms with van der Waals surface area (Å²) in [6.07, 6.45) is 2.31.